The van der Waals surface area contributed by atoms with Crippen LogP contribution in [0.5, 0.6) is 0 Å². The smallest absolute Gasteiger partial charge is 0.269 e. The third kappa shape index (κ3) is 4.61. The van der Waals surface area contributed by atoms with Gasteiger partial charge in [0, 0.05) is 30.0 Å². The van der Waals surface area contributed by atoms with E-state index in [4.69, 9.17) is 4.42 Å². The largest absolute Gasteiger partial charge is 0.457 e. The fourth-order valence-corrected chi connectivity index (χ4v) is 3.67. The van der Waals surface area contributed by atoms with Crippen molar-refractivity contribution in [3.63, 3.8) is 0 Å². The third-order valence-corrected chi connectivity index (χ3v) is 5.39. The summed E-state index contributed by atoms with van der Waals surface area (Å²) in [5.74, 6) is 0.387. The van der Waals surface area contributed by atoms with Gasteiger partial charge in [-0.1, -0.05) is 41.7 Å². The molecular weight excluding hydrogens is 428 g/mol. The highest BCUT2D eigenvalue weighted by Gasteiger charge is 2.14. The van der Waals surface area contributed by atoms with Crippen LogP contribution in [0.3, 0.4) is 0 Å². The van der Waals surface area contributed by atoms with Gasteiger partial charge in [0.1, 0.15) is 23.2 Å². The minimum absolute atomic E-state index is 0.0102. The van der Waals surface area contributed by atoms with Gasteiger partial charge >= 0.3 is 0 Å². The number of nitrogens with one attached hydrogen (secondary N) is 1. The second kappa shape index (κ2) is 9.07. The van der Waals surface area contributed by atoms with Crippen LogP contribution in [0.4, 0.5) is 10.8 Å². The predicted molar refractivity (Wildman–Crippen MR) is 121 cm³/mol. The number of carbonyl (C=O) groups is 1. The number of anilines is 1. The van der Waals surface area contributed by atoms with Crippen molar-refractivity contribution in [2.45, 2.75) is 0 Å². The van der Waals surface area contributed by atoms with Crippen LogP contribution in [0.15, 0.2) is 82.9 Å². The molecule has 8 nitrogen and oxygen atoms in total. The predicted octanol–water partition coefficient (Wildman–Crippen LogP) is 5.52. The quantitative estimate of drug-likeness (QED) is 0.181. The number of rotatable bonds is 6. The van der Waals surface area contributed by atoms with Crippen molar-refractivity contribution in [3.05, 3.63) is 94.4 Å². The maximum atomic E-state index is 12.5. The zero-order valence-corrected chi connectivity index (χ0v) is 17.2. The second-order valence-corrected chi connectivity index (χ2v) is 7.56. The van der Waals surface area contributed by atoms with Crippen molar-refractivity contribution in [1.29, 1.82) is 5.26 Å². The van der Waals surface area contributed by atoms with Crippen molar-refractivity contribution < 1.29 is 14.1 Å². The number of hydrogen-bond acceptors (Lipinski definition) is 7. The van der Waals surface area contributed by atoms with Crippen LogP contribution in [0.2, 0.25) is 0 Å². The molecule has 0 unspecified atom stereocenters. The van der Waals surface area contributed by atoms with E-state index in [1.807, 2.05) is 36.4 Å². The number of amides is 1. The minimum atomic E-state index is -0.616. The number of benzene rings is 2. The van der Waals surface area contributed by atoms with Gasteiger partial charge in [-0.05, 0) is 29.8 Å². The van der Waals surface area contributed by atoms with Crippen LogP contribution < -0.4 is 5.32 Å². The van der Waals surface area contributed by atoms with Gasteiger partial charge in [-0.2, -0.15) is 5.26 Å². The molecule has 2 aromatic heterocycles. The van der Waals surface area contributed by atoms with Gasteiger partial charge in [-0.25, -0.2) is 4.98 Å². The second-order valence-electron chi connectivity index (χ2n) is 6.53. The number of thiazole rings is 1. The highest BCUT2D eigenvalue weighted by Crippen LogP contribution is 2.30. The topological polar surface area (TPSA) is 122 Å². The lowest BCUT2D eigenvalue weighted by Crippen LogP contribution is -2.13. The zero-order valence-electron chi connectivity index (χ0n) is 16.4. The van der Waals surface area contributed by atoms with Gasteiger partial charge in [0.15, 0.2) is 5.13 Å². The van der Waals surface area contributed by atoms with Crippen LogP contribution >= 0.6 is 11.3 Å². The average molecular weight is 442 g/mol. The lowest BCUT2D eigenvalue weighted by Gasteiger charge is -1.99. The summed E-state index contributed by atoms with van der Waals surface area (Å²) in [6.45, 7) is 0. The number of nitro benzene ring substituents is 1. The Kier molecular flexibility index (Phi) is 5.87. The summed E-state index contributed by atoms with van der Waals surface area (Å²) in [5, 5.41) is 23.1. The fourth-order valence-electron chi connectivity index (χ4n) is 2.86. The molecule has 156 valence electrons. The molecule has 0 atom stereocenters. The number of hydrogen-bond donors (Lipinski definition) is 1. The van der Waals surface area contributed by atoms with Gasteiger partial charge in [-0.3, -0.25) is 20.2 Å². The number of nitro groups is 1. The van der Waals surface area contributed by atoms with Gasteiger partial charge < -0.3 is 4.42 Å². The molecule has 0 spiro atoms. The summed E-state index contributed by atoms with van der Waals surface area (Å²) in [5.41, 5.74) is 1.47. The molecule has 9 heteroatoms. The van der Waals surface area contributed by atoms with Crippen LogP contribution in [0, 0.1) is 21.4 Å². The van der Waals surface area contributed by atoms with Crippen LogP contribution in [-0.2, 0) is 4.79 Å². The van der Waals surface area contributed by atoms with Gasteiger partial charge in [0.2, 0.25) is 0 Å². The van der Waals surface area contributed by atoms with Crippen LogP contribution in [0.1, 0.15) is 5.76 Å². The van der Waals surface area contributed by atoms with E-state index in [1.54, 1.807) is 30.5 Å². The van der Waals surface area contributed by atoms with Crippen molar-refractivity contribution in [2.75, 3.05) is 5.32 Å². The maximum absolute atomic E-state index is 12.5. The van der Waals surface area contributed by atoms with Crippen molar-refractivity contribution in [1.82, 2.24) is 4.98 Å². The van der Waals surface area contributed by atoms with Crippen LogP contribution in [0.25, 0.3) is 27.8 Å². The Bertz CT molecular complexity index is 1350. The lowest BCUT2D eigenvalue weighted by atomic mass is 10.2. The van der Waals surface area contributed by atoms with E-state index in [0.717, 1.165) is 16.0 Å². The molecule has 2 aromatic carbocycles. The Hall–Kier alpha value is -4.55. The fraction of sp³-hybridized carbons (Fsp3) is 0. The summed E-state index contributed by atoms with van der Waals surface area (Å²) >= 11 is 1.19. The van der Waals surface area contributed by atoms with Gasteiger partial charge in [0.25, 0.3) is 11.6 Å². The summed E-state index contributed by atoms with van der Waals surface area (Å²) in [4.78, 5) is 27.7. The Morgan fingerprint density at radius 2 is 1.84 bits per heavy atom. The van der Waals surface area contributed by atoms with E-state index >= 15 is 0 Å². The molecule has 4 rings (SSSR count). The molecule has 2 heterocycles. The number of aromatic nitrogens is 1. The van der Waals surface area contributed by atoms with E-state index in [2.05, 4.69) is 10.3 Å². The highest BCUT2D eigenvalue weighted by molar-refractivity contribution is 7.19. The van der Waals surface area contributed by atoms with E-state index in [1.165, 1.54) is 29.5 Å². The zero-order chi connectivity index (χ0) is 22.5. The first kappa shape index (κ1) is 20.7. The molecular formula is C23H14N4O4S. The molecule has 0 bridgehead atoms. The minimum Gasteiger partial charge on any atom is -0.457 e. The molecule has 0 radical (unpaired) electrons. The van der Waals surface area contributed by atoms with Crippen molar-refractivity contribution in [3.8, 4) is 27.8 Å². The lowest BCUT2D eigenvalue weighted by molar-refractivity contribution is -0.384. The first-order valence-electron chi connectivity index (χ1n) is 9.32. The average Bonchev–Trinajstić information content (AvgIpc) is 3.48. The normalized spacial score (nSPS) is 11.0. The molecule has 32 heavy (non-hydrogen) atoms. The van der Waals surface area contributed by atoms with Gasteiger partial charge in [0.05, 0.1) is 9.80 Å². The van der Waals surface area contributed by atoms with Crippen molar-refractivity contribution in [2.24, 2.45) is 0 Å². The van der Waals surface area contributed by atoms with Crippen LogP contribution in [-0.4, -0.2) is 15.8 Å². The number of furan rings is 1. The molecule has 0 saturated heterocycles. The molecule has 0 aliphatic heterocycles. The van der Waals surface area contributed by atoms with E-state index in [0.29, 0.717) is 16.7 Å². The molecule has 0 aliphatic carbocycles. The standard InChI is InChI=1S/C23H14N4O4S/c24-13-17(12-19-10-11-20(31-19)15-4-2-1-3-5-15)22(28)26-23-25-14-21(32-23)16-6-8-18(9-7-16)27(29)30/h1-12,14H,(H,25,26,28)/b17-12+. The Morgan fingerprint density at radius 1 is 1.09 bits per heavy atom. The molecule has 0 saturated carbocycles. The first-order chi connectivity index (χ1) is 15.5. The van der Waals surface area contributed by atoms with Crippen molar-refractivity contribution >= 4 is 34.1 Å². The Morgan fingerprint density at radius 3 is 2.53 bits per heavy atom. The van der Waals surface area contributed by atoms with E-state index in [-0.39, 0.29) is 11.3 Å². The van der Waals surface area contributed by atoms with E-state index in [9.17, 15) is 20.2 Å². The Balaban J connectivity index is 1.48. The maximum Gasteiger partial charge on any atom is 0.269 e. The number of nitriles is 1. The highest BCUT2D eigenvalue weighted by atomic mass is 32.1. The number of nitrogens with zero attached hydrogens (tertiary/aromatic N) is 3. The molecule has 0 aliphatic rings. The SMILES string of the molecule is N#C/C(=C\c1ccc(-c2ccccc2)o1)C(=O)Nc1ncc(-c2ccc([N+](=O)[O-])cc2)s1. The Labute approximate surface area is 186 Å². The third-order valence-electron chi connectivity index (χ3n) is 4.43. The molecule has 0 fully saturated rings. The molecule has 1 N–H and O–H groups in total. The van der Waals surface area contributed by atoms with E-state index < -0.39 is 10.8 Å². The number of non-ortho nitro benzene ring substituents is 1. The summed E-state index contributed by atoms with van der Waals surface area (Å²) in [7, 11) is 0. The first-order valence-corrected chi connectivity index (χ1v) is 10.1. The summed E-state index contributed by atoms with van der Waals surface area (Å²) < 4.78 is 5.72. The molecule has 4 aromatic rings. The monoisotopic (exact) mass is 442 g/mol. The molecule has 1 amide bonds. The summed E-state index contributed by atoms with van der Waals surface area (Å²) in [6.07, 6.45) is 2.92. The number of carbonyl (C=O) groups excluding carboxylic acids is 1. The van der Waals surface area contributed by atoms with Gasteiger partial charge in [-0.15, -0.1) is 0 Å². The summed E-state index contributed by atoms with van der Waals surface area (Å²) in [6, 6.07) is 20.8.